The van der Waals surface area contributed by atoms with Crippen molar-refractivity contribution in [3.8, 4) is 11.5 Å². The fraction of sp³-hybridized carbons (Fsp3) is 0.0909. The molecule has 1 aromatic heterocycles. The third-order valence-electron chi connectivity index (χ3n) is 4.34. The predicted molar refractivity (Wildman–Crippen MR) is 101 cm³/mol. The maximum atomic E-state index is 13.4. The first-order chi connectivity index (χ1) is 13.7. The first kappa shape index (κ1) is 18.0. The summed E-state index contributed by atoms with van der Waals surface area (Å²) >= 11 is 0. The topological polar surface area (TPSA) is 51.0 Å². The smallest absolute Gasteiger partial charge is 0.247 e. The van der Waals surface area contributed by atoms with Crippen molar-refractivity contribution in [1.82, 2.24) is 15.5 Å². The Kier molecular flexibility index (Phi) is 5.21. The highest BCUT2D eigenvalue weighted by molar-refractivity contribution is 5.51. The molecule has 0 spiro atoms. The normalized spacial score (nSPS) is 12.1. The summed E-state index contributed by atoms with van der Waals surface area (Å²) in [6.45, 7) is 0.450. The zero-order chi connectivity index (χ0) is 19.3. The lowest BCUT2D eigenvalue weighted by Gasteiger charge is -2.16. The average Bonchev–Trinajstić information content (AvgIpc) is 3.21. The molecular weight excluding hydrogens is 360 g/mol. The number of nitrogens with zero attached hydrogens (tertiary/aromatic N) is 2. The van der Waals surface area contributed by atoms with Gasteiger partial charge in [-0.05, 0) is 47.5 Å². The van der Waals surface area contributed by atoms with Crippen LogP contribution in [0.3, 0.4) is 0 Å². The average molecular weight is 377 g/mol. The summed E-state index contributed by atoms with van der Waals surface area (Å²) in [6, 6.07) is 21.4. The van der Waals surface area contributed by atoms with Crippen molar-refractivity contribution in [1.29, 1.82) is 0 Å². The Labute approximate surface area is 160 Å². The number of halogens is 2. The van der Waals surface area contributed by atoms with Crippen LogP contribution in [0.15, 0.2) is 83.3 Å². The van der Waals surface area contributed by atoms with Crippen LogP contribution in [0.4, 0.5) is 8.78 Å². The summed E-state index contributed by atoms with van der Waals surface area (Å²) in [5.74, 6) is 0.165. The second-order valence-electron chi connectivity index (χ2n) is 6.30. The third kappa shape index (κ3) is 4.13. The van der Waals surface area contributed by atoms with E-state index >= 15 is 0 Å². The molecule has 1 N–H and O–H groups in total. The SMILES string of the molecule is Fc1ccc(CN[C@H](c2ccc(F)cc2)c2nnc(-c3ccccc3)o2)cc1. The summed E-state index contributed by atoms with van der Waals surface area (Å²) in [6.07, 6.45) is 0. The standard InChI is InChI=1S/C22H17F2N3O/c23-18-10-6-15(7-11-18)14-25-20(16-8-12-19(24)13-9-16)22-27-26-21(28-22)17-4-2-1-3-5-17/h1-13,20,25H,14H2/t20-/m1/s1. The van der Waals surface area contributed by atoms with E-state index in [-0.39, 0.29) is 11.6 Å². The van der Waals surface area contributed by atoms with Gasteiger partial charge >= 0.3 is 0 Å². The Balaban J connectivity index is 1.62. The highest BCUT2D eigenvalue weighted by atomic mass is 19.1. The molecule has 0 bridgehead atoms. The predicted octanol–water partition coefficient (Wildman–Crippen LogP) is 4.89. The van der Waals surface area contributed by atoms with Gasteiger partial charge in [0.2, 0.25) is 11.8 Å². The van der Waals surface area contributed by atoms with Gasteiger partial charge in [0.05, 0.1) is 0 Å². The van der Waals surface area contributed by atoms with Crippen LogP contribution in [-0.2, 0) is 6.54 Å². The van der Waals surface area contributed by atoms with Crippen molar-refractivity contribution in [3.05, 3.63) is 108 Å². The quantitative estimate of drug-likeness (QED) is 0.520. The van der Waals surface area contributed by atoms with Gasteiger partial charge in [-0.1, -0.05) is 42.5 Å². The van der Waals surface area contributed by atoms with Crippen molar-refractivity contribution < 1.29 is 13.2 Å². The fourth-order valence-corrected chi connectivity index (χ4v) is 2.87. The van der Waals surface area contributed by atoms with E-state index in [1.807, 2.05) is 30.3 Å². The maximum absolute atomic E-state index is 13.4. The molecule has 28 heavy (non-hydrogen) atoms. The zero-order valence-electron chi connectivity index (χ0n) is 14.8. The first-order valence-corrected chi connectivity index (χ1v) is 8.81. The number of nitrogens with one attached hydrogen (secondary N) is 1. The van der Waals surface area contributed by atoms with Crippen molar-refractivity contribution >= 4 is 0 Å². The molecule has 4 aromatic rings. The molecule has 0 aliphatic rings. The molecule has 4 rings (SSSR count). The van der Waals surface area contributed by atoms with Crippen molar-refractivity contribution in [2.75, 3.05) is 0 Å². The molecule has 6 heteroatoms. The van der Waals surface area contributed by atoms with E-state index in [4.69, 9.17) is 4.42 Å². The van der Waals surface area contributed by atoms with Crippen LogP contribution < -0.4 is 5.32 Å². The molecule has 0 saturated heterocycles. The molecule has 3 aromatic carbocycles. The molecule has 4 nitrogen and oxygen atoms in total. The molecule has 0 aliphatic heterocycles. The van der Waals surface area contributed by atoms with Gasteiger partial charge in [-0.25, -0.2) is 8.78 Å². The van der Waals surface area contributed by atoms with Crippen LogP contribution in [0.5, 0.6) is 0 Å². The lowest BCUT2D eigenvalue weighted by atomic mass is 10.1. The van der Waals surface area contributed by atoms with E-state index in [1.54, 1.807) is 24.3 Å². The molecule has 0 radical (unpaired) electrons. The van der Waals surface area contributed by atoms with Gasteiger partial charge in [0.15, 0.2) is 0 Å². The molecule has 0 saturated carbocycles. The number of rotatable bonds is 6. The Morgan fingerprint density at radius 2 is 1.43 bits per heavy atom. The molecule has 0 amide bonds. The fourth-order valence-electron chi connectivity index (χ4n) is 2.87. The second kappa shape index (κ2) is 8.10. The van der Waals surface area contributed by atoms with Gasteiger partial charge in [-0.3, -0.25) is 5.32 Å². The van der Waals surface area contributed by atoms with Gasteiger partial charge in [0.1, 0.15) is 17.7 Å². The number of hydrogen-bond donors (Lipinski definition) is 1. The minimum atomic E-state index is -0.435. The van der Waals surface area contributed by atoms with E-state index in [0.29, 0.717) is 18.3 Å². The number of aromatic nitrogens is 2. The molecule has 1 heterocycles. The van der Waals surface area contributed by atoms with Gasteiger partial charge in [-0.15, -0.1) is 10.2 Å². The summed E-state index contributed by atoms with van der Waals surface area (Å²) < 4.78 is 32.4. The highest BCUT2D eigenvalue weighted by Gasteiger charge is 2.21. The minimum Gasteiger partial charge on any atom is -0.419 e. The Morgan fingerprint density at radius 1 is 0.786 bits per heavy atom. The van der Waals surface area contributed by atoms with Crippen LogP contribution >= 0.6 is 0 Å². The Hall–Kier alpha value is -3.38. The second-order valence-corrected chi connectivity index (χ2v) is 6.30. The van der Waals surface area contributed by atoms with Crippen LogP contribution in [0.25, 0.3) is 11.5 Å². The van der Waals surface area contributed by atoms with E-state index in [1.165, 1.54) is 24.3 Å². The van der Waals surface area contributed by atoms with Gasteiger partial charge in [0, 0.05) is 12.1 Å². The molecule has 0 fully saturated rings. The Morgan fingerprint density at radius 3 is 2.11 bits per heavy atom. The van der Waals surface area contributed by atoms with E-state index in [9.17, 15) is 8.78 Å². The lowest BCUT2D eigenvalue weighted by Crippen LogP contribution is -2.22. The molecular formula is C22H17F2N3O. The summed E-state index contributed by atoms with van der Waals surface area (Å²) in [7, 11) is 0. The van der Waals surface area contributed by atoms with Gasteiger partial charge in [0.25, 0.3) is 0 Å². The van der Waals surface area contributed by atoms with Crippen LogP contribution in [-0.4, -0.2) is 10.2 Å². The number of hydrogen-bond acceptors (Lipinski definition) is 4. The van der Waals surface area contributed by atoms with Gasteiger partial charge < -0.3 is 4.42 Å². The summed E-state index contributed by atoms with van der Waals surface area (Å²) in [4.78, 5) is 0. The molecule has 0 aliphatic carbocycles. The van der Waals surface area contributed by atoms with Crippen LogP contribution in [0, 0.1) is 11.6 Å². The molecule has 1 atom stereocenters. The highest BCUT2D eigenvalue weighted by Crippen LogP contribution is 2.25. The van der Waals surface area contributed by atoms with E-state index < -0.39 is 6.04 Å². The zero-order valence-corrected chi connectivity index (χ0v) is 14.8. The largest absolute Gasteiger partial charge is 0.419 e. The van der Waals surface area contributed by atoms with Crippen molar-refractivity contribution in [2.45, 2.75) is 12.6 Å². The molecule has 0 unspecified atom stereocenters. The Bertz CT molecular complexity index is 1030. The molecule has 140 valence electrons. The lowest BCUT2D eigenvalue weighted by molar-refractivity contribution is 0.437. The minimum absolute atomic E-state index is 0.289. The third-order valence-corrected chi connectivity index (χ3v) is 4.34. The van der Waals surface area contributed by atoms with Crippen molar-refractivity contribution in [3.63, 3.8) is 0 Å². The van der Waals surface area contributed by atoms with E-state index in [0.717, 1.165) is 16.7 Å². The number of benzene rings is 3. The van der Waals surface area contributed by atoms with Gasteiger partial charge in [-0.2, -0.15) is 0 Å². The first-order valence-electron chi connectivity index (χ1n) is 8.81. The monoisotopic (exact) mass is 377 g/mol. The van der Waals surface area contributed by atoms with Crippen LogP contribution in [0.1, 0.15) is 23.1 Å². The van der Waals surface area contributed by atoms with Crippen LogP contribution in [0.2, 0.25) is 0 Å². The summed E-state index contributed by atoms with van der Waals surface area (Å²) in [5, 5.41) is 11.7. The maximum Gasteiger partial charge on any atom is 0.247 e. The summed E-state index contributed by atoms with van der Waals surface area (Å²) in [5.41, 5.74) is 2.50. The van der Waals surface area contributed by atoms with Crippen molar-refractivity contribution in [2.24, 2.45) is 0 Å². The van der Waals surface area contributed by atoms with E-state index in [2.05, 4.69) is 15.5 Å².